The van der Waals surface area contributed by atoms with Gasteiger partial charge in [-0.1, -0.05) is 30.3 Å². The van der Waals surface area contributed by atoms with E-state index in [2.05, 4.69) is 6.07 Å². The first-order valence-corrected chi connectivity index (χ1v) is 10.4. The number of amides is 1. The summed E-state index contributed by atoms with van der Waals surface area (Å²) in [6, 6.07) is 15.7. The highest BCUT2D eigenvalue weighted by atomic mass is 19.2. The van der Waals surface area contributed by atoms with Crippen LogP contribution in [0.3, 0.4) is 0 Å². The molecule has 1 saturated heterocycles. The molecule has 5 nitrogen and oxygen atoms in total. The number of hydrogen-bond donors (Lipinski definition) is 1. The molecule has 4 rings (SSSR count). The van der Waals surface area contributed by atoms with Gasteiger partial charge >= 0.3 is 5.97 Å². The minimum atomic E-state index is -1.19. The summed E-state index contributed by atoms with van der Waals surface area (Å²) in [6.45, 7) is 1.91. The molecule has 7 heteroatoms. The zero-order valence-electron chi connectivity index (χ0n) is 17.8. The molecule has 166 valence electrons. The van der Waals surface area contributed by atoms with Crippen molar-refractivity contribution in [3.8, 4) is 17.2 Å². The molecule has 1 fully saturated rings. The highest BCUT2D eigenvalue weighted by Gasteiger charge is 2.43. The molecule has 0 saturated carbocycles. The van der Waals surface area contributed by atoms with Crippen molar-refractivity contribution in [2.45, 2.75) is 31.8 Å². The summed E-state index contributed by atoms with van der Waals surface area (Å²) in [4.78, 5) is 26.3. The average molecular weight is 446 g/mol. The third kappa shape index (κ3) is 4.08. The molecule has 0 aliphatic carbocycles. The first kappa shape index (κ1) is 22.2. The molecule has 0 radical (unpaired) electrons. The lowest BCUT2D eigenvalue weighted by Crippen LogP contribution is -2.42. The first-order valence-electron chi connectivity index (χ1n) is 10.4. The number of aryl methyl sites for hydroxylation is 1. The monoisotopic (exact) mass is 446 g/mol. The molecule has 0 spiro atoms. The largest absolute Gasteiger partial charge is 0.480 e. The van der Waals surface area contributed by atoms with Gasteiger partial charge in [-0.15, -0.1) is 0 Å². The quantitative estimate of drug-likeness (QED) is 0.594. The van der Waals surface area contributed by atoms with Crippen LogP contribution in [0, 0.1) is 29.9 Å². The summed E-state index contributed by atoms with van der Waals surface area (Å²) in [7, 11) is 0. The fraction of sp³-hybridized carbons (Fsp3) is 0.192. The number of carbonyl (C=O) groups is 2. The maximum atomic E-state index is 14.5. The number of nitriles is 1. The molecule has 1 aliphatic heterocycles. The Hall–Kier alpha value is -4.05. The van der Waals surface area contributed by atoms with E-state index in [0.717, 1.165) is 27.7 Å². The number of aliphatic carboxylic acids is 1. The van der Waals surface area contributed by atoms with Gasteiger partial charge in [0, 0.05) is 11.1 Å². The number of benzene rings is 3. The molecule has 3 aromatic carbocycles. The van der Waals surface area contributed by atoms with E-state index in [-0.39, 0.29) is 24.0 Å². The van der Waals surface area contributed by atoms with Crippen molar-refractivity contribution < 1.29 is 23.5 Å². The summed E-state index contributed by atoms with van der Waals surface area (Å²) >= 11 is 0. The van der Waals surface area contributed by atoms with Gasteiger partial charge < -0.3 is 10.0 Å². The first-order chi connectivity index (χ1) is 15.8. The maximum absolute atomic E-state index is 14.5. The average Bonchev–Trinajstić information content (AvgIpc) is 3.26. The van der Waals surface area contributed by atoms with Gasteiger partial charge in [0.2, 0.25) is 0 Å². The van der Waals surface area contributed by atoms with E-state index < -0.39 is 35.6 Å². The summed E-state index contributed by atoms with van der Waals surface area (Å²) in [5.74, 6) is -3.88. The van der Waals surface area contributed by atoms with Crippen molar-refractivity contribution in [3.63, 3.8) is 0 Å². The minimum Gasteiger partial charge on any atom is -0.480 e. The minimum absolute atomic E-state index is 0.0346. The van der Waals surface area contributed by atoms with Crippen LogP contribution in [0.25, 0.3) is 11.1 Å². The SMILES string of the molecule is Cc1ccc(C#N)cc1-c1ccc(C(=O)N2[C@@H](c3cccc(F)c3F)CC[C@H]2C(=O)O)cc1. The van der Waals surface area contributed by atoms with Gasteiger partial charge in [0.05, 0.1) is 17.7 Å². The lowest BCUT2D eigenvalue weighted by atomic mass is 9.97. The lowest BCUT2D eigenvalue weighted by molar-refractivity contribution is -0.141. The number of carboxylic acid groups (broad SMARTS) is 1. The van der Waals surface area contributed by atoms with Crippen molar-refractivity contribution >= 4 is 11.9 Å². The predicted octanol–water partition coefficient (Wildman–Crippen LogP) is 5.24. The van der Waals surface area contributed by atoms with Gasteiger partial charge in [0.1, 0.15) is 6.04 Å². The van der Waals surface area contributed by atoms with E-state index in [9.17, 15) is 23.5 Å². The number of rotatable bonds is 4. The van der Waals surface area contributed by atoms with E-state index in [1.807, 2.05) is 13.0 Å². The smallest absolute Gasteiger partial charge is 0.326 e. The highest BCUT2D eigenvalue weighted by Crippen LogP contribution is 2.39. The maximum Gasteiger partial charge on any atom is 0.326 e. The Bertz CT molecular complexity index is 1280. The highest BCUT2D eigenvalue weighted by molar-refractivity contribution is 5.97. The fourth-order valence-electron chi connectivity index (χ4n) is 4.36. The summed E-state index contributed by atoms with van der Waals surface area (Å²) in [6.07, 6.45) is 0.348. The predicted molar refractivity (Wildman–Crippen MR) is 117 cm³/mol. The molecule has 33 heavy (non-hydrogen) atoms. The lowest BCUT2D eigenvalue weighted by Gasteiger charge is -2.29. The molecular formula is C26H20F2N2O3. The third-order valence-electron chi connectivity index (χ3n) is 6.05. The normalized spacial score (nSPS) is 17.6. The Kier molecular flexibility index (Phi) is 5.93. The number of hydrogen-bond acceptors (Lipinski definition) is 3. The molecule has 1 heterocycles. The summed E-state index contributed by atoms with van der Waals surface area (Å²) < 4.78 is 28.3. The summed E-state index contributed by atoms with van der Waals surface area (Å²) in [5, 5.41) is 18.8. The molecule has 3 aromatic rings. The van der Waals surface area contributed by atoms with Gasteiger partial charge in [-0.25, -0.2) is 13.6 Å². The topological polar surface area (TPSA) is 81.4 Å². The van der Waals surface area contributed by atoms with E-state index in [1.54, 1.807) is 36.4 Å². The van der Waals surface area contributed by atoms with Crippen LogP contribution in [0.1, 0.15) is 45.9 Å². The van der Waals surface area contributed by atoms with Gasteiger partial charge in [0.25, 0.3) is 5.91 Å². The Labute approximate surface area is 189 Å². The van der Waals surface area contributed by atoms with Gasteiger partial charge in [-0.3, -0.25) is 4.79 Å². The van der Waals surface area contributed by atoms with Crippen LogP contribution >= 0.6 is 0 Å². The summed E-state index contributed by atoms with van der Waals surface area (Å²) in [5.41, 5.74) is 3.31. The zero-order valence-corrected chi connectivity index (χ0v) is 17.8. The molecule has 1 amide bonds. The van der Waals surface area contributed by atoms with Crippen molar-refractivity contribution in [2.75, 3.05) is 0 Å². The Morgan fingerprint density at radius 1 is 1.06 bits per heavy atom. The van der Waals surface area contributed by atoms with E-state index in [4.69, 9.17) is 5.26 Å². The van der Waals surface area contributed by atoms with Crippen molar-refractivity contribution in [3.05, 3.63) is 94.6 Å². The van der Waals surface area contributed by atoms with Gasteiger partial charge in [-0.2, -0.15) is 5.26 Å². The second kappa shape index (κ2) is 8.83. The molecule has 1 N–H and O–H groups in total. The molecule has 0 unspecified atom stereocenters. The molecule has 0 bridgehead atoms. The second-order valence-electron chi connectivity index (χ2n) is 8.02. The van der Waals surface area contributed by atoms with E-state index in [1.165, 1.54) is 12.1 Å². The van der Waals surface area contributed by atoms with Crippen LogP contribution in [0.5, 0.6) is 0 Å². The van der Waals surface area contributed by atoms with Crippen molar-refractivity contribution in [1.29, 1.82) is 5.26 Å². The van der Waals surface area contributed by atoms with Crippen LogP contribution < -0.4 is 0 Å². The Morgan fingerprint density at radius 3 is 2.45 bits per heavy atom. The van der Waals surface area contributed by atoms with Crippen LogP contribution in [0.15, 0.2) is 60.7 Å². The van der Waals surface area contributed by atoms with Crippen LogP contribution in [0.4, 0.5) is 8.78 Å². The Morgan fingerprint density at radius 2 is 1.79 bits per heavy atom. The second-order valence-corrected chi connectivity index (χ2v) is 8.02. The number of halogens is 2. The fourth-order valence-corrected chi connectivity index (χ4v) is 4.36. The number of nitrogens with zero attached hydrogens (tertiary/aromatic N) is 2. The number of carboxylic acids is 1. The van der Waals surface area contributed by atoms with Crippen LogP contribution in [0.2, 0.25) is 0 Å². The van der Waals surface area contributed by atoms with E-state index in [0.29, 0.717) is 5.56 Å². The van der Waals surface area contributed by atoms with Gasteiger partial charge in [0.15, 0.2) is 11.6 Å². The number of carbonyl (C=O) groups excluding carboxylic acids is 1. The number of likely N-dealkylation sites (tertiary alicyclic amines) is 1. The zero-order chi connectivity index (χ0) is 23.7. The van der Waals surface area contributed by atoms with E-state index >= 15 is 0 Å². The molecular weight excluding hydrogens is 426 g/mol. The van der Waals surface area contributed by atoms with Crippen molar-refractivity contribution in [2.24, 2.45) is 0 Å². The van der Waals surface area contributed by atoms with Crippen molar-refractivity contribution in [1.82, 2.24) is 4.90 Å². The van der Waals surface area contributed by atoms with Crippen LogP contribution in [-0.2, 0) is 4.79 Å². The molecule has 0 aromatic heterocycles. The van der Waals surface area contributed by atoms with Crippen LogP contribution in [-0.4, -0.2) is 27.9 Å². The Balaban J connectivity index is 1.69. The third-order valence-corrected chi connectivity index (χ3v) is 6.05. The standard InChI is InChI=1S/C26H20F2N2O3/c1-15-5-6-16(14-29)13-20(15)17-7-9-18(10-8-17)25(31)30-22(11-12-23(30)26(32)33)19-3-2-4-21(27)24(19)28/h2-10,13,22-23H,11-12H2,1H3,(H,32,33)/t22-,23+/m1/s1. The van der Waals surface area contributed by atoms with Gasteiger partial charge in [-0.05, 0) is 66.8 Å². The molecule has 2 atom stereocenters. The molecule has 1 aliphatic rings.